The van der Waals surface area contributed by atoms with Crippen molar-refractivity contribution >= 4 is 52.2 Å². The molecule has 0 aliphatic heterocycles. The van der Waals surface area contributed by atoms with Crippen molar-refractivity contribution in [3.05, 3.63) is 73.9 Å². The van der Waals surface area contributed by atoms with Gasteiger partial charge in [-0.1, -0.05) is 42.6 Å². The lowest BCUT2D eigenvalue weighted by Gasteiger charge is -2.28. The van der Waals surface area contributed by atoms with Crippen LogP contribution in [-0.4, -0.2) is 55.6 Å². The number of benzene rings is 2. The number of urea groups is 1. The molecule has 0 saturated carbocycles. The van der Waals surface area contributed by atoms with Gasteiger partial charge in [0, 0.05) is 28.5 Å². The fourth-order valence-corrected chi connectivity index (χ4v) is 5.20. The summed E-state index contributed by atoms with van der Waals surface area (Å²) in [5, 5.41) is 3.60. The minimum Gasteiger partial charge on any atom is -0.493 e. The maximum atomic E-state index is 13.7. The van der Waals surface area contributed by atoms with Gasteiger partial charge in [0.05, 0.1) is 30.8 Å². The molecule has 0 saturated heterocycles. The Morgan fingerprint density at radius 1 is 0.923 bits per heavy atom. The molecule has 39 heavy (non-hydrogen) atoms. The Morgan fingerprint density at radius 3 is 2.33 bits per heavy atom. The number of halogens is 2. The zero-order chi connectivity index (χ0) is 28.4. The number of ether oxygens (including phenoxy) is 2. The van der Waals surface area contributed by atoms with Crippen molar-refractivity contribution < 1.29 is 19.1 Å². The third-order valence-electron chi connectivity index (χ3n) is 6.18. The zero-order valence-electron chi connectivity index (χ0n) is 22.8. The minimum absolute atomic E-state index is 0.0382. The van der Waals surface area contributed by atoms with Crippen LogP contribution in [0.4, 0.5) is 10.5 Å². The van der Waals surface area contributed by atoms with E-state index < -0.39 is 0 Å². The first-order valence-electron chi connectivity index (χ1n) is 12.8. The van der Waals surface area contributed by atoms with Gasteiger partial charge in [0.25, 0.3) is 0 Å². The van der Waals surface area contributed by atoms with E-state index in [1.165, 1.54) is 4.88 Å². The highest BCUT2D eigenvalue weighted by atomic mass is 35.5. The number of aryl methyl sites for hydroxylation is 1. The fourth-order valence-electron chi connectivity index (χ4n) is 3.99. The first kappa shape index (κ1) is 30.6. The van der Waals surface area contributed by atoms with Crippen LogP contribution in [0.25, 0.3) is 0 Å². The molecule has 1 aromatic heterocycles. The Bertz CT molecular complexity index is 1270. The van der Waals surface area contributed by atoms with Crippen LogP contribution in [0.5, 0.6) is 11.5 Å². The Hall–Kier alpha value is -2.94. The van der Waals surface area contributed by atoms with Crippen LogP contribution in [0.15, 0.2) is 48.5 Å². The van der Waals surface area contributed by atoms with Gasteiger partial charge in [-0.3, -0.25) is 4.79 Å². The van der Waals surface area contributed by atoms with Crippen molar-refractivity contribution in [2.45, 2.75) is 39.7 Å². The van der Waals surface area contributed by atoms with Crippen molar-refractivity contribution in [3.63, 3.8) is 0 Å². The van der Waals surface area contributed by atoms with E-state index in [-0.39, 0.29) is 18.5 Å². The van der Waals surface area contributed by atoms with E-state index in [0.717, 1.165) is 23.3 Å². The van der Waals surface area contributed by atoms with E-state index in [1.807, 2.05) is 43.0 Å². The van der Waals surface area contributed by atoms with Crippen LogP contribution in [0.2, 0.25) is 10.0 Å². The molecule has 2 aromatic carbocycles. The number of carbonyl (C=O) groups excluding carboxylic acids is 2. The number of anilines is 1. The van der Waals surface area contributed by atoms with Crippen LogP contribution in [0.1, 0.15) is 35.1 Å². The average molecular weight is 593 g/mol. The number of amides is 3. The SMILES string of the molecule is CCCCN(CC(=O)N(CCc1ccc(OC)c(OC)c1)Cc1ccc(C)s1)C(=O)Nc1ccc(Cl)c(Cl)c1. The second-order valence-electron chi connectivity index (χ2n) is 9.10. The normalized spacial score (nSPS) is 10.7. The highest BCUT2D eigenvalue weighted by Crippen LogP contribution is 2.28. The van der Waals surface area contributed by atoms with Crippen molar-refractivity contribution in [2.75, 3.05) is 39.2 Å². The van der Waals surface area contributed by atoms with Gasteiger partial charge in [0.1, 0.15) is 6.54 Å². The van der Waals surface area contributed by atoms with Gasteiger partial charge in [0.2, 0.25) is 5.91 Å². The van der Waals surface area contributed by atoms with Crippen molar-refractivity contribution in [1.82, 2.24) is 9.80 Å². The molecule has 0 fully saturated rings. The molecule has 0 atom stereocenters. The van der Waals surface area contributed by atoms with E-state index in [2.05, 4.69) is 11.4 Å². The van der Waals surface area contributed by atoms with Gasteiger partial charge in [-0.15, -0.1) is 11.3 Å². The third kappa shape index (κ3) is 9.05. The molecule has 3 aromatic rings. The van der Waals surface area contributed by atoms with Gasteiger partial charge in [0.15, 0.2) is 11.5 Å². The highest BCUT2D eigenvalue weighted by molar-refractivity contribution is 7.11. The summed E-state index contributed by atoms with van der Waals surface area (Å²) in [5.41, 5.74) is 1.54. The second kappa shape index (κ2) is 15.0. The molecule has 0 radical (unpaired) electrons. The number of hydrogen-bond donors (Lipinski definition) is 1. The predicted octanol–water partition coefficient (Wildman–Crippen LogP) is 7.29. The standard InChI is InChI=1S/C29H35Cl2N3O4S/c1-5-6-14-34(29(36)32-22-9-11-24(30)25(31)17-22)19-28(35)33(18-23-10-7-20(2)39-23)15-13-21-8-12-26(37-3)27(16-21)38-4/h7-12,16-17H,5-6,13-15,18-19H2,1-4H3,(H,32,36). The Labute approximate surface area is 244 Å². The van der Waals surface area contributed by atoms with E-state index in [0.29, 0.717) is 53.3 Å². The summed E-state index contributed by atoms with van der Waals surface area (Å²) < 4.78 is 10.8. The summed E-state index contributed by atoms with van der Waals surface area (Å²) >= 11 is 13.8. The molecular formula is C29H35Cl2N3O4S. The van der Waals surface area contributed by atoms with E-state index in [4.69, 9.17) is 32.7 Å². The Kier molecular flexibility index (Phi) is 11.8. The van der Waals surface area contributed by atoms with Crippen molar-refractivity contribution in [1.29, 1.82) is 0 Å². The number of unbranched alkanes of at least 4 members (excludes halogenated alkanes) is 1. The topological polar surface area (TPSA) is 71.1 Å². The maximum Gasteiger partial charge on any atom is 0.322 e. The molecule has 10 heteroatoms. The van der Waals surface area contributed by atoms with Crippen molar-refractivity contribution in [3.8, 4) is 11.5 Å². The molecular weight excluding hydrogens is 557 g/mol. The molecule has 3 amide bonds. The summed E-state index contributed by atoms with van der Waals surface area (Å²) in [6.45, 7) is 5.47. The summed E-state index contributed by atoms with van der Waals surface area (Å²) in [7, 11) is 3.20. The number of rotatable bonds is 13. The summed E-state index contributed by atoms with van der Waals surface area (Å²) in [4.78, 5) is 32.5. The summed E-state index contributed by atoms with van der Waals surface area (Å²) in [6.07, 6.45) is 2.29. The van der Waals surface area contributed by atoms with Crippen LogP contribution in [-0.2, 0) is 17.8 Å². The van der Waals surface area contributed by atoms with Gasteiger partial charge in [-0.25, -0.2) is 4.79 Å². The molecule has 0 unspecified atom stereocenters. The Balaban J connectivity index is 1.76. The first-order valence-corrected chi connectivity index (χ1v) is 14.4. The molecule has 0 aliphatic rings. The fraction of sp³-hybridized carbons (Fsp3) is 0.379. The van der Waals surface area contributed by atoms with Gasteiger partial charge >= 0.3 is 6.03 Å². The molecule has 210 valence electrons. The largest absolute Gasteiger partial charge is 0.493 e. The second-order valence-corrected chi connectivity index (χ2v) is 11.3. The number of thiophene rings is 1. The highest BCUT2D eigenvalue weighted by Gasteiger charge is 2.22. The molecule has 1 heterocycles. The van der Waals surface area contributed by atoms with Crippen LogP contribution in [0.3, 0.4) is 0 Å². The number of hydrogen-bond acceptors (Lipinski definition) is 5. The lowest BCUT2D eigenvalue weighted by molar-refractivity contribution is -0.132. The smallest absolute Gasteiger partial charge is 0.322 e. The van der Waals surface area contributed by atoms with Gasteiger partial charge < -0.3 is 24.6 Å². The van der Waals surface area contributed by atoms with Gasteiger partial charge in [-0.05, 0) is 67.8 Å². The van der Waals surface area contributed by atoms with Gasteiger partial charge in [-0.2, -0.15) is 0 Å². The average Bonchev–Trinajstić information content (AvgIpc) is 3.34. The molecule has 7 nitrogen and oxygen atoms in total. The van der Waals surface area contributed by atoms with E-state index in [9.17, 15) is 9.59 Å². The molecule has 0 spiro atoms. The summed E-state index contributed by atoms with van der Waals surface area (Å²) in [5.74, 6) is 1.18. The molecule has 0 aliphatic carbocycles. The third-order valence-corrected chi connectivity index (χ3v) is 7.90. The quantitative estimate of drug-likeness (QED) is 0.226. The minimum atomic E-state index is -0.359. The number of nitrogens with one attached hydrogen (secondary N) is 1. The maximum absolute atomic E-state index is 13.7. The predicted molar refractivity (Wildman–Crippen MR) is 160 cm³/mol. The van der Waals surface area contributed by atoms with Crippen LogP contribution < -0.4 is 14.8 Å². The molecule has 1 N–H and O–H groups in total. The van der Waals surface area contributed by atoms with Crippen LogP contribution >= 0.6 is 34.5 Å². The summed E-state index contributed by atoms with van der Waals surface area (Å²) in [6, 6.07) is 14.4. The monoisotopic (exact) mass is 591 g/mol. The lowest BCUT2D eigenvalue weighted by Crippen LogP contribution is -2.45. The number of nitrogens with zero attached hydrogens (tertiary/aromatic N) is 2. The van der Waals surface area contributed by atoms with Crippen molar-refractivity contribution in [2.24, 2.45) is 0 Å². The Morgan fingerprint density at radius 2 is 1.69 bits per heavy atom. The first-order chi connectivity index (χ1) is 18.7. The number of methoxy groups -OCH3 is 2. The number of carbonyl (C=O) groups is 2. The van der Waals surface area contributed by atoms with E-state index >= 15 is 0 Å². The zero-order valence-corrected chi connectivity index (χ0v) is 25.1. The van der Waals surface area contributed by atoms with E-state index in [1.54, 1.807) is 48.7 Å². The molecule has 3 rings (SSSR count). The molecule has 0 bridgehead atoms. The van der Waals surface area contributed by atoms with Crippen LogP contribution in [0, 0.1) is 6.92 Å². The lowest BCUT2D eigenvalue weighted by atomic mass is 10.1.